The van der Waals surface area contributed by atoms with Crippen molar-refractivity contribution >= 4 is 17.4 Å². The Morgan fingerprint density at radius 3 is 2.71 bits per heavy atom. The maximum atomic E-state index is 6.06. The van der Waals surface area contributed by atoms with Gasteiger partial charge in [-0.2, -0.15) is 4.98 Å². The van der Waals surface area contributed by atoms with E-state index in [2.05, 4.69) is 22.3 Å². The number of anilines is 1. The molecule has 4 nitrogen and oxygen atoms in total. The topological polar surface area (TPSA) is 64.9 Å². The second-order valence-electron chi connectivity index (χ2n) is 4.65. The number of rotatable bonds is 4. The van der Waals surface area contributed by atoms with Gasteiger partial charge in [0.15, 0.2) is 5.82 Å². The summed E-state index contributed by atoms with van der Waals surface area (Å²) < 4.78 is 5.32. The molecule has 0 amide bonds. The number of benzene rings is 2. The number of aryl methyl sites for hydroxylation is 1. The molecule has 106 valence electrons. The first kappa shape index (κ1) is 13.7. The summed E-state index contributed by atoms with van der Waals surface area (Å²) in [5.74, 6) is 1.80. The van der Waals surface area contributed by atoms with Crippen LogP contribution in [0.1, 0.15) is 11.4 Å². The van der Waals surface area contributed by atoms with Crippen LogP contribution in [0.5, 0.6) is 0 Å². The van der Waals surface area contributed by atoms with Crippen LogP contribution >= 0.6 is 11.8 Å². The van der Waals surface area contributed by atoms with Crippen LogP contribution in [0, 0.1) is 6.92 Å². The van der Waals surface area contributed by atoms with Crippen LogP contribution in [0.3, 0.4) is 0 Å². The Morgan fingerprint density at radius 1 is 1.10 bits per heavy atom. The number of hydrogen-bond acceptors (Lipinski definition) is 5. The number of hydrogen-bond donors (Lipinski definition) is 1. The summed E-state index contributed by atoms with van der Waals surface area (Å²) in [4.78, 5) is 5.60. The molecule has 0 radical (unpaired) electrons. The zero-order valence-corrected chi connectivity index (χ0v) is 12.4. The average molecular weight is 297 g/mol. The van der Waals surface area contributed by atoms with Gasteiger partial charge in [0.05, 0.1) is 11.3 Å². The fraction of sp³-hybridized carbons (Fsp3) is 0.125. The van der Waals surface area contributed by atoms with E-state index in [1.54, 1.807) is 11.8 Å². The van der Waals surface area contributed by atoms with Gasteiger partial charge in [-0.1, -0.05) is 35.5 Å². The molecule has 2 aromatic carbocycles. The van der Waals surface area contributed by atoms with E-state index in [9.17, 15) is 0 Å². The van der Waals surface area contributed by atoms with Gasteiger partial charge in [0, 0.05) is 10.6 Å². The summed E-state index contributed by atoms with van der Waals surface area (Å²) in [5.41, 5.74) is 8.54. The highest BCUT2D eigenvalue weighted by Gasteiger charge is 2.12. The Balaban J connectivity index is 1.76. The normalized spacial score (nSPS) is 10.7. The minimum absolute atomic E-state index is 0.472. The number of nitrogens with zero attached hydrogens (tertiary/aromatic N) is 2. The second kappa shape index (κ2) is 6.01. The van der Waals surface area contributed by atoms with Crippen LogP contribution in [0.4, 0.5) is 5.69 Å². The molecular weight excluding hydrogens is 282 g/mol. The van der Waals surface area contributed by atoms with Gasteiger partial charge < -0.3 is 10.3 Å². The zero-order chi connectivity index (χ0) is 14.7. The lowest BCUT2D eigenvalue weighted by molar-refractivity contribution is 0.425. The highest BCUT2D eigenvalue weighted by atomic mass is 32.2. The maximum absolute atomic E-state index is 6.06. The average Bonchev–Trinajstić information content (AvgIpc) is 2.98. The van der Waals surface area contributed by atoms with E-state index in [0.717, 1.165) is 11.1 Å². The minimum atomic E-state index is 0.472. The molecule has 0 unspecified atom stereocenters. The van der Waals surface area contributed by atoms with Crippen molar-refractivity contribution < 1.29 is 4.52 Å². The molecular formula is C16H15N3OS. The van der Waals surface area contributed by atoms with Crippen LogP contribution in [-0.4, -0.2) is 10.1 Å². The predicted molar refractivity (Wildman–Crippen MR) is 84.9 cm³/mol. The third kappa shape index (κ3) is 3.08. The van der Waals surface area contributed by atoms with E-state index < -0.39 is 0 Å². The van der Waals surface area contributed by atoms with Crippen molar-refractivity contribution in [2.45, 2.75) is 17.6 Å². The lowest BCUT2D eigenvalue weighted by Gasteiger charge is -2.03. The molecule has 0 aliphatic rings. The lowest BCUT2D eigenvalue weighted by Crippen LogP contribution is -1.93. The summed E-state index contributed by atoms with van der Waals surface area (Å²) in [6.07, 6.45) is 0. The van der Waals surface area contributed by atoms with Crippen molar-refractivity contribution in [2.75, 3.05) is 5.73 Å². The van der Waals surface area contributed by atoms with Gasteiger partial charge in [0.25, 0.3) is 5.89 Å². The molecule has 3 rings (SSSR count). The van der Waals surface area contributed by atoms with Crippen molar-refractivity contribution in [1.82, 2.24) is 10.1 Å². The van der Waals surface area contributed by atoms with Crippen LogP contribution in [0.25, 0.3) is 11.5 Å². The van der Waals surface area contributed by atoms with E-state index >= 15 is 0 Å². The largest absolute Gasteiger partial charge is 0.398 e. The third-order valence-electron chi connectivity index (χ3n) is 3.13. The zero-order valence-electron chi connectivity index (χ0n) is 11.6. The fourth-order valence-electron chi connectivity index (χ4n) is 1.95. The number of nitrogens with two attached hydrogens (primary N) is 1. The maximum Gasteiger partial charge on any atom is 0.260 e. The van der Waals surface area contributed by atoms with Gasteiger partial charge in [-0.25, -0.2) is 0 Å². The van der Waals surface area contributed by atoms with Gasteiger partial charge in [0.2, 0.25) is 0 Å². The van der Waals surface area contributed by atoms with E-state index in [1.807, 2.05) is 43.3 Å². The molecule has 21 heavy (non-hydrogen) atoms. The van der Waals surface area contributed by atoms with Crippen LogP contribution in [0.15, 0.2) is 57.9 Å². The Labute approximate surface area is 127 Å². The predicted octanol–water partition coefficient (Wildman–Crippen LogP) is 3.92. The van der Waals surface area contributed by atoms with Crippen molar-refractivity contribution in [3.8, 4) is 11.5 Å². The molecule has 0 fully saturated rings. The third-order valence-corrected chi connectivity index (χ3v) is 4.14. The Bertz CT molecular complexity index is 740. The van der Waals surface area contributed by atoms with Gasteiger partial charge >= 0.3 is 0 Å². The quantitative estimate of drug-likeness (QED) is 0.584. The highest BCUT2D eigenvalue weighted by Crippen LogP contribution is 2.28. The van der Waals surface area contributed by atoms with E-state index in [0.29, 0.717) is 23.2 Å². The van der Waals surface area contributed by atoms with Crippen LogP contribution < -0.4 is 5.73 Å². The van der Waals surface area contributed by atoms with Crippen molar-refractivity contribution in [1.29, 1.82) is 0 Å². The van der Waals surface area contributed by atoms with Crippen molar-refractivity contribution in [3.63, 3.8) is 0 Å². The summed E-state index contributed by atoms with van der Waals surface area (Å²) >= 11 is 1.67. The van der Waals surface area contributed by atoms with Crippen molar-refractivity contribution in [3.05, 3.63) is 59.9 Å². The molecule has 1 aromatic heterocycles. The van der Waals surface area contributed by atoms with E-state index in [4.69, 9.17) is 10.3 Å². The SMILES string of the molecule is Cc1cccc(-c2nc(CSc3ccccc3)no2)c1N. The number of para-hydroxylation sites is 1. The van der Waals surface area contributed by atoms with E-state index in [-0.39, 0.29) is 0 Å². The second-order valence-corrected chi connectivity index (χ2v) is 5.70. The number of nitrogen functional groups attached to an aromatic ring is 1. The lowest BCUT2D eigenvalue weighted by atomic mass is 10.1. The summed E-state index contributed by atoms with van der Waals surface area (Å²) in [6, 6.07) is 15.9. The molecule has 0 atom stereocenters. The molecule has 0 saturated heterocycles. The number of thioether (sulfide) groups is 1. The van der Waals surface area contributed by atoms with E-state index in [1.165, 1.54) is 4.90 Å². The first-order chi connectivity index (χ1) is 10.2. The molecule has 0 aliphatic carbocycles. The van der Waals surface area contributed by atoms with Gasteiger partial charge in [-0.05, 0) is 30.7 Å². The summed E-state index contributed by atoms with van der Waals surface area (Å²) in [6.45, 7) is 1.96. The molecule has 5 heteroatoms. The highest BCUT2D eigenvalue weighted by molar-refractivity contribution is 7.98. The Hall–Kier alpha value is -2.27. The standard InChI is InChI=1S/C16H15N3OS/c1-11-6-5-9-13(15(11)17)16-18-14(19-20-16)10-21-12-7-3-2-4-8-12/h2-9H,10,17H2,1H3. The first-order valence-electron chi connectivity index (χ1n) is 6.60. The van der Waals surface area contributed by atoms with Crippen molar-refractivity contribution in [2.24, 2.45) is 0 Å². The first-order valence-corrected chi connectivity index (χ1v) is 7.58. The van der Waals surface area contributed by atoms with Crippen LogP contribution in [0.2, 0.25) is 0 Å². The summed E-state index contributed by atoms with van der Waals surface area (Å²) in [5, 5.41) is 4.02. The molecule has 3 aromatic rings. The fourth-order valence-corrected chi connectivity index (χ4v) is 2.72. The number of aromatic nitrogens is 2. The molecule has 1 heterocycles. The van der Waals surface area contributed by atoms with Gasteiger partial charge in [-0.3, -0.25) is 0 Å². The molecule has 2 N–H and O–H groups in total. The van der Waals surface area contributed by atoms with Gasteiger partial charge in [-0.15, -0.1) is 11.8 Å². The minimum Gasteiger partial charge on any atom is -0.398 e. The molecule has 0 saturated carbocycles. The smallest absolute Gasteiger partial charge is 0.260 e. The Morgan fingerprint density at radius 2 is 1.90 bits per heavy atom. The van der Waals surface area contributed by atoms with Crippen LogP contribution in [-0.2, 0) is 5.75 Å². The molecule has 0 bridgehead atoms. The Kier molecular flexibility index (Phi) is 3.92. The monoisotopic (exact) mass is 297 g/mol. The molecule has 0 spiro atoms. The molecule has 0 aliphatic heterocycles. The summed E-state index contributed by atoms with van der Waals surface area (Å²) in [7, 11) is 0. The van der Waals surface area contributed by atoms with Gasteiger partial charge in [0.1, 0.15) is 0 Å².